The van der Waals surface area contributed by atoms with Crippen molar-refractivity contribution < 1.29 is 5.11 Å². The van der Waals surface area contributed by atoms with E-state index in [4.69, 9.17) is 16.7 Å². The number of halogens is 1. The average Bonchev–Trinajstić information content (AvgIpc) is 2.04. The molecule has 0 saturated carbocycles. The highest BCUT2D eigenvalue weighted by Crippen LogP contribution is 2.16. The molecule has 0 spiro atoms. The van der Waals surface area contributed by atoms with Crippen molar-refractivity contribution >= 4 is 19.7 Å². The second kappa shape index (κ2) is 6.93. The van der Waals surface area contributed by atoms with Gasteiger partial charge in [0.15, 0.2) is 0 Å². The van der Waals surface area contributed by atoms with E-state index in [1.807, 2.05) is 0 Å². The molecule has 0 aromatic rings. The third-order valence-corrected chi connectivity index (χ3v) is 6.72. The molecular formula is C9H21ClOSi. The highest BCUT2D eigenvalue weighted by Gasteiger charge is 2.17. The lowest BCUT2D eigenvalue weighted by molar-refractivity contribution is 0.283. The Hall–Kier alpha value is 0.467. The van der Waals surface area contributed by atoms with Crippen molar-refractivity contribution in [2.45, 2.75) is 44.8 Å². The number of alkyl halides is 1. The molecule has 0 unspecified atom stereocenters. The summed E-state index contributed by atoms with van der Waals surface area (Å²) in [4.78, 5) is 0. The minimum atomic E-state index is -1.03. The summed E-state index contributed by atoms with van der Waals surface area (Å²) in [6, 6.07) is 1.34. The maximum Gasteiger partial charge on any atom is 0.0639 e. The van der Waals surface area contributed by atoms with Crippen molar-refractivity contribution in [3.8, 4) is 0 Å². The third kappa shape index (κ3) is 7.13. The Bertz CT molecular complexity index is 107. The zero-order valence-electron chi connectivity index (χ0n) is 8.27. The summed E-state index contributed by atoms with van der Waals surface area (Å²) in [6.45, 7) is 5.02. The molecule has 0 aliphatic rings. The highest BCUT2D eigenvalue weighted by atomic mass is 35.5. The first-order chi connectivity index (χ1) is 5.62. The van der Waals surface area contributed by atoms with E-state index in [-0.39, 0.29) is 0 Å². The Labute approximate surface area is 82.1 Å². The standard InChI is InChI=1S/C9H21ClOSi/c1-12(2,9-10)8-6-4-3-5-7-11/h11H,3-9H2,1-2H3. The van der Waals surface area contributed by atoms with Crippen molar-refractivity contribution in [1.82, 2.24) is 0 Å². The molecule has 0 amide bonds. The van der Waals surface area contributed by atoms with Crippen LogP contribution in [0.5, 0.6) is 0 Å². The maximum absolute atomic E-state index is 8.56. The monoisotopic (exact) mass is 208 g/mol. The van der Waals surface area contributed by atoms with Gasteiger partial charge >= 0.3 is 0 Å². The van der Waals surface area contributed by atoms with Gasteiger partial charge in [-0.25, -0.2) is 0 Å². The second-order valence-electron chi connectivity index (χ2n) is 4.19. The van der Waals surface area contributed by atoms with E-state index < -0.39 is 8.07 Å². The molecule has 0 saturated heterocycles. The molecule has 0 aromatic heterocycles. The van der Waals surface area contributed by atoms with E-state index in [1.165, 1.54) is 25.3 Å². The molecule has 0 aliphatic carbocycles. The molecule has 74 valence electrons. The van der Waals surface area contributed by atoms with E-state index in [0.717, 1.165) is 11.9 Å². The summed E-state index contributed by atoms with van der Waals surface area (Å²) in [6.07, 6.45) is 4.69. The van der Waals surface area contributed by atoms with Gasteiger partial charge in [0, 0.05) is 12.1 Å². The lowest BCUT2D eigenvalue weighted by Crippen LogP contribution is -2.27. The number of rotatable bonds is 7. The van der Waals surface area contributed by atoms with Gasteiger partial charge in [0.25, 0.3) is 0 Å². The summed E-state index contributed by atoms with van der Waals surface area (Å²) in [5, 5.41) is 8.56. The number of hydrogen-bond donors (Lipinski definition) is 1. The number of aliphatic hydroxyl groups is 1. The molecule has 0 fully saturated rings. The van der Waals surface area contributed by atoms with Gasteiger partial charge < -0.3 is 5.11 Å². The van der Waals surface area contributed by atoms with Crippen LogP contribution in [0.2, 0.25) is 19.1 Å². The maximum atomic E-state index is 8.56. The van der Waals surface area contributed by atoms with Crippen LogP contribution < -0.4 is 0 Å². The molecule has 0 aliphatic heterocycles. The van der Waals surface area contributed by atoms with Crippen LogP contribution in [-0.4, -0.2) is 25.3 Å². The fourth-order valence-corrected chi connectivity index (χ4v) is 2.88. The molecule has 0 heterocycles. The molecule has 1 nitrogen and oxygen atoms in total. The number of unbranched alkanes of at least 4 members (excludes halogenated alkanes) is 3. The normalized spacial score (nSPS) is 12.0. The van der Waals surface area contributed by atoms with Crippen LogP contribution in [0.25, 0.3) is 0 Å². The fraction of sp³-hybridized carbons (Fsp3) is 1.00. The molecule has 12 heavy (non-hydrogen) atoms. The van der Waals surface area contributed by atoms with Crippen molar-refractivity contribution in [1.29, 1.82) is 0 Å². The van der Waals surface area contributed by atoms with Crippen LogP contribution in [-0.2, 0) is 0 Å². The fourth-order valence-electron chi connectivity index (χ4n) is 1.14. The minimum absolute atomic E-state index is 0.344. The summed E-state index contributed by atoms with van der Waals surface area (Å²) in [5.74, 6) is 0. The van der Waals surface area contributed by atoms with E-state index in [1.54, 1.807) is 0 Å². The van der Waals surface area contributed by atoms with Gasteiger partial charge in [-0.15, -0.1) is 11.6 Å². The summed E-state index contributed by atoms with van der Waals surface area (Å²) >= 11 is 5.86. The van der Waals surface area contributed by atoms with Crippen LogP contribution >= 0.6 is 11.6 Å². The van der Waals surface area contributed by atoms with E-state index >= 15 is 0 Å². The quantitative estimate of drug-likeness (QED) is 0.388. The smallest absolute Gasteiger partial charge is 0.0639 e. The van der Waals surface area contributed by atoms with Crippen LogP contribution in [0.15, 0.2) is 0 Å². The molecule has 0 rings (SSSR count). The molecule has 0 aromatic carbocycles. The molecule has 1 N–H and O–H groups in total. The Morgan fingerprint density at radius 1 is 1.08 bits per heavy atom. The minimum Gasteiger partial charge on any atom is -0.396 e. The molecular weight excluding hydrogens is 188 g/mol. The molecule has 0 bridgehead atoms. The van der Waals surface area contributed by atoms with Gasteiger partial charge in [-0.1, -0.05) is 38.4 Å². The van der Waals surface area contributed by atoms with Crippen molar-refractivity contribution in [3.63, 3.8) is 0 Å². The van der Waals surface area contributed by atoms with Crippen LogP contribution in [0.3, 0.4) is 0 Å². The SMILES string of the molecule is C[Si](C)(CCl)CCCCCCO. The summed E-state index contributed by atoms with van der Waals surface area (Å²) in [5.41, 5.74) is 0.882. The topological polar surface area (TPSA) is 20.2 Å². The average molecular weight is 209 g/mol. The van der Waals surface area contributed by atoms with Crippen LogP contribution in [0, 0.1) is 0 Å². The highest BCUT2D eigenvalue weighted by molar-refractivity contribution is 6.83. The van der Waals surface area contributed by atoms with Crippen molar-refractivity contribution in [2.24, 2.45) is 0 Å². The Balaban J connectivity index is 3.19. The predicted molar refractivity (Wildman–Crippen MR) is 58.6 cm³/mol. The summed E-state index contributed by atoms with van der Waals surface area (Å²) < 4.78 is 0. The van der Waals surface area contributed by atoms with Gasteiger partial charge in [-0.2, -0.15) is 0 Å². The van der Waals surface area contributed by atoms with Crippen LogP contribution in [0.4, 0.5) is 0 Å². The van der Waals surface area contributed by atoms with Crippen molar-refractivity contribution in [2.75, 3.05) is 12.1 Å². The van der Waals surface area contributed by atoms with E-state index in [0.29, 0.717) is 6.61 Å². The molecule has 0 radical (unpaired) electrons. The third-order valence-electron chi connectivity index (χ3n) is 2.12. The van der Waals surface area contributed by atoms with Crippen molar-refractivity contribution in [3.05, 3.63) is 0 Å². The number of aliphatic hydroxyl groups excluding tert-OH is 1. The first-order valence-electron chi connectivity index (χ1n) is 4.79. The van der Waals surface area contributed by atoms with Crippen LogP contribution in [0.1, 0.15) is 25.7 Å². The van der Waals surface area contributed by atoms with Gasteiger partial charge in [0.2, 0.25) is 0 Å². The Kier molecular flexibility index (Phi) is 7.20. The second-order valence-corrected chi connectivity index (χ2v) is 10.1. The number of hydrogen-bond acceptors (Lipinski definition) is 1. The molecule has 0 atom stereocenters. The first kappa shape index (κ1) is 12.5. The zero-order chi connectivity index (χ0) is 9.45. The molecule has 3 heteroatoms. The van der Waals surface area contributed by atoms with E-state index in [2.05, 4.69) is 13.1 Å². The zero-order valence-corrected chi connectivity index (χ0v) is 10.0. The largest absolute Gasteiger partial charge is 0.396 e. The lowest BCUT2D eigenvalue weighted by Gasteiger charge is -2.17. The lowest BCUT2D eigenvalue weighted by atomic mass is 10.2. The van der Waals surface area contributed by atoms with Gasteiger partial charge in [0.1, 0.15) is 0 Å². The Morgan fingerprint density at radius 2 is 1.67 bits per heavy atom. The van der Waals surface area contributed by atoms with Gasteiger partial charge in [-0.05, 0) is 6.42 Å². The van der Waals surface area contributed by atoms with Gasteiger partial charge in [-0.3, -0.25) is 0 Å². The first-order valence-corrected chi connectivity index (χ1v) is 8.74. The van der Waals surface area contributed by atoms with Gasteiger partial charge in [0.05, 0.1) is 8.07 Å². The van der Waals surface area contributed by atoms with E-state index in [9.17, 15) is 0 Å². The Morgan fingerprint density at radius 3 is 2.17 bits per heavy atom. The summed E-state index contributed by atoms with van der Waals surface area (Å²) in [7, 11) is -1.03. The predicted octanol–water partition coefficient (Wildman–Crippen LogP) is 3.03.